The van der Waals surface area contributed by atoms with Crippen LogP contribution in [0, 0.1) is 5.92 Å². The first-order valence-corrected chi connectivity index (χ1v) is 9.92. The molecule has 8 heteroatoms. The maximum Gasteiger partial charge on any atom is 0.240 e. The molecule has 0 amide bonds. The van der Waals surface area contributed by atoms with Gasteiger partial charge in [0.2, 0.25) is 10.0 Å². The molecular weight excluding hydrogens is 314 g/mol. The van der Waals surface area contributed by atoms with Crippen molar-refractivity contribution < 1.29 is 21.9 Å². The van der Waals surface area contributed by atoms with Crippen LogP contribution in [0.25, 0.3) is 0 Å². The summed E-state index contributed by atoms with van der Waals surface area (Å²) in [5.74, 6) is -0.0138. The summed E-state index contributed by atoms with van der Waals surface area (Å²) in [5.41, 5.74) is 0. The largest absolute Gasteiger partial charge is 0.395 e. The van der Waals surface area contributed by atoms with Gasteiger partial charge in [-0.25, -0.2) is 21.6 Å². The van der Waals surface area contributed by atoms with Crippen molar-refractivity contribution in [2.45, 2.75) is 36.1 Å². The highest BCUT2D eigenvalue weighted by Gasteiger charge is 2.23. The number of hydrogen-bond acceptors (Lipinski definition) is 5. The lowest BCUT2D eigenvalue weighted by Crippen LogP contribution is -2.41. The summed E-state index contributed by atoms with van der Waals surface area (Å²) in [6.45, 7) is 3.45. The van der Waals surface area contributed by atoms with Gasteiger partial charge in [0.05, 0.1) is 16.4 Å². The van der Waals surface area contributed by atoms with Crippen LogP contribution in [0.15, 0.2) is 34.1 Å². The van der Waals surface area contributed by atoms with E-state index in [1.165, 1.54) is 24.3 Å². The Morgan fingerprint density at radius 1 is 1.10 bits per heavy atom. The van der Waals surface area contributed by atoms with Crippen LogP contribution in [-0.2, 0) is 19.9 Å². The third-order valence-corrected chi connectivity index (χ3v) is 6.03. The summed E-state index contributed by atoms with van der Waals surface area (Å²) in [5, 5.41) is 9.28. The van der Waals surface area contributed by atoms with Gasteiger partial charge >= 0.3 is 0 Å². The fourth-order valence-corrected chi connectivity index (χ4v) is 3.72. The molecule has 0 heterocycles. The predicted octanol–water partition coefficient (Wildman–Crippen LogP) is 0.775. The van der Waals surface area contributed by atoms with E-state index in [9.17, 15) is 21.9 Å². The molecule has 0 aliphatic carbocycles. The molecule has 0 aliphatic heterocycles. The van der Waals surface area contributed by atoms with Crippen molar-refractivity contribution in [2.75, 3.05) is 12.9 Å². The predicted molar refractivity (Wildman–Crippen MR) is 80.2 cm³/mol. The highest BCUT2D eigenvalue weighted by molar-refractivity contribution is 7.90. The first-order chi connectivity index (χ1) is 9.61. The zero-order valence-corrected chi connectivity index (χ0v) is 13.9. The smallest absolute Gasteiger partial charge is 0.240 e. The molecule has 1 aromatic carbocycles. The van der Waals surface area contributed by atoms with Gasteiger partial charge in [-0.1, -0.05) is 20.3 Å². The Bertz CT molecular complexity index is 665. The van der Waals surface area contributed by atoms with Crippen molar-refractivity contribution in [2.24, 2.45) is 5.92 Å². The van der Waals surface area contributed by atoms with Crippen LogP contribution in [0.2, 0.25) is 0 Å². The molecule has 120 valence electrons. The molecule has 21 heavy (non-hydrogen) atoms. The van der Waals surface area contributed by atoms with E-state index in [-0.39, 0.29) is 22.3 Å². The van der Waals surface area contributed by atoms with Crippen molar-refractivity contribution >= 4 is 19.9 Å². The summed E-state index contributed by atoms with van der Waals surface area (Å²) in [6, 6.07) is 4.41. The van der Waals surface area contributed by atoms with Crippen molar-refractivity contribution in [1.82, 2.24) is 4.72 Å². The normalized spacial score (nSPS) is 15.6. The van der Waals surface area contributed by atoms with Crippen LogP contribution >= 0.6 is 0 Å². The second-order valence-electron chi connectivity index (χ2n) is 5.04. The minimum atomic E-state index is -3.79. The standard InChI is InChI=1S/C13H21NO5S2/c1-4-10(2)13(9-15)14-21(18,19)12-7-5-11(6-8-12)20(3,16)17/h5-8,10,13-15H,4,9H2,1-3H3/t10-,13+/m0/s1. The molecule has 0 saturated heterocycles. The minimum Gasteiger partial charge on any atom is -0.395 e. The molecule has 1 aromatic rings. The van der Waals surface area contributed by atoms with Crippen LogP contribution in [-0.4, -0.2) is 40.8 Å². The molecule has 0 aliphatic rings. The highest BCUT2D eigenvalue weighted by atomic mass is 32.2. The topological polar surface area (TPSA) is 101 Å². The quantitative estimate of drug-likeness (QED) is 0.767. The van der Waals surface area contributed by atoms with Gasteiger partial charge in [-0.2, -0.15) is 0 Å². The van der Waals surface area contributed by atoms with Crippen LogP contribution in [0.4, 0.5) is 0 Å². The molecule has 2 N–H and O–H groups in total. The summed E-state index contributed by atoms with van der Waals surface area (Å²) in [6.07, 6.45) is 1.78. The fraction of sp³-hybridized carbons (Fsp3) is 0.538. The van der Waals surface area contributed by atoms with E-state index in [2.05, 4.69) is 4.72 Å². The lowest BCUT2D eigenvalue weighted by Gasteiger charge is -2.22. The van der Waals surface area contributed by atoms with Crippen LogP contribution in [0.3, 0.4) is 0 Å². The maximum atomic E-state index is 12.2. The molecule has 1 rings (SSSR count). The monoisotopic (exact) mass is 335 g/mol. The zero-order valence-electron chi connectivity index (χ0n) is 12.3. The number of benzene rings is 1. The zero-order chi connectivity index (χ0) is 16.3. The summed E-state index contributed by atoms with van der Waals surface area (Å²) in [7, 11) is -7.16. The Hall–Kier alpha value is -0.960. The third kappa shape index (κ3) is 4.77. The van der Waals surface area contributed by atoms with Gasteiger partial charge in [0.15, 0.2) is 9.84 Å². The van der Waals surface area contributed by atoms with Gasteiger partial charge in [-0.15, -0.1) is 0 Å². The highest BCUT2D eigenvalue weighted by Crippen LogP contribution is 2.16. The average Bonchev–Trinajstić information content (AvgIpc) is 2.43. The number of hydrogen-bond donors (Lipinski definition) is 2. The first-order valence-electron chi connectivity index (χ1n) is 6.55. The Kier molecular flexibility index (Phi) is 5.92. The third-order valence-electron chi connectivity index (χ3n) is 3.40. The second-order valence-corrected chi connectivity index (χ2v) is 8.77. The Labute approximate surface area is 126 Å². The molecule has 0 saturated carbocycles. The van der Waals surface area contributed by atoms with E-state index in [0.29, 0.717) is 0 Å². The van der Waals surface area contributed by atoms with E-state index >= 15 is 0 Å². The van der Waals surface area contributed by atoms with Gasteiger partial charge in [0.1, 0.15) is 0 Å². The fourth-order valence-electron chi connectivity index (χ4n) is 1.75. The van der Waals surface area contributed by atoms with Gasteiger partial charge < -0.3 is 5.11 Å². The van der Waals surface area contributed by atoms with Crippen molar-refractivity contribution in [1.29, 1.82) is 0 Å². The maximum absolute atomic E-state index is 12.2. The van der Waals surface area contributed by atoms with E-state index in [1.54, 1.807) is 0 Å². The first kappa shape index (κ1) is 18.1. The van der Waals surface area contributed by atoms with Crippen molar-refractivity contribution in [3.05, 3.63) is 24.3 Å². The number of rotatable bonds is 7. The molecule has 2 atom stereocenters. The van der Waals surface area contributed by atoms with E-state index in [4.69, 9.17) is 0 Å². The van der Waals surface area contributed by atoms with E-state index < -0.39 is 25.9 Å². The lowest BCUT2D eigenvalue weighted by atomic mass is 10.0. The minimum absolute atomic E-state index is 0.0138. The molecule has 0 unspecified atom stereocenters. The molecular formula is C13H21NO5S2. The molecule has 0 spiro atoms. The molecule has 6 nitrogen and oxygen atoms in total. The van der Waals surface area contributed by atoms with E-state index in [1.807, 2.05) is 13.8 Å². The second kappa shape index (κ2) is 6.87. The summed E-state index contributed by atoms with van der Waals surface area (Å²) < 4.78 is 49.6. The Morgan fingerprint density at radius 2 is 1.57 bits per heavy atom. The van der Waals surface area contributed by atoms with Gasteiger partial charge in [-0.05, 0) is 30.2 Å². The Morgan fingerprint density at radius 3 is 1.95 bits per heavy atom. The van der Waals surface area contributed by atoms with Gasteiger partial charge in [0, 0.05) is 12.3 Å². The molecule has 0 radical (unpaired) electrons. The lowest BCUT2D eigenvalue weighted by molar-refractivity contribution is 0.219. The van der Waals surface area contributed by atoms with Crippen molar-refractivity contribution in [3.63, 3.8) is 0 Å². The van der Waals surface area contributed by atoms with Gasteiger partial charge in [-0.3, -0.25) is 0 Å². The SMILES string of the molecule is CC[C@H](C)[C@@H](CO)NS(=O)(=O)c1ccc(S(C)(=O)=O)cc1. The van der Waals surface area contributed by atoms with Crippen LogP contribution < -0.4 is 4.72 Å². The molecule has 0 bridgehead atoms. The average molecular weight is 335 g/mol. The number of aliphatic hydroxyl groups excluding tert-OH is 1. The van der Waals surface area contributed by atoms with Crippen molar-refractivity contribution in [3.8, 4) is 0 Å². The molecule has 0 aromatic heterocycles. The summed E-state index contributed by atoms with van der Waals surface area (Å²) in [4.78, 5) is 0.0266. The number of aliphatic hydroxyl groups is 1. The van der Waals surface area contributed by atoms with Gasteiger partial charge in [0.25, 0.3) is 0 Å². The summed E-state index contributed by atoms with van der Waals surface area (Å²) >= 11 is 0. The molecule has 0 fully saturated rings. The van der Waals surface area contributed by atoms with Crippen LogP contribution in [0.1, 0.15) is 20.3 Å². The number of sulfonamides is 1. The van der Waals surface area contributed by atoms with E-state index in [0.717, 1.165) is 12.7 Å². The Balaban J connectivity index is 3.03. The van der Waals surface area contributed by atoms with Crippen LogP contribution in [0.5, 0.6) is 0 Å². The number of sulfone groups is 1. The number of nitrogens with one attached hydrogen (secondary N) is 1.